The van der Waals surface area contributed by atoms with Crippen LogP contribution in [0.1, 0.15) is 26.7 Å². The summed E-state index contributed by atoms with van der Waals surface area (Å²) in [6.45, 7) is 6.55. The highest BCUT2D eigenvalue weighted by atomic mass is 19.1. The van der Waals surface area contributed by atoms with Crippen molar-refractivity contribution in [2.45, 2.75) is 32.2 Å². The fourth-order valence-electron chi connectivity index (χ4n) is 3.06. The van der Waals surface area contributed by atoms with Gasteiger partial charge in [-0.1, -0.05) is 6.07 Å². The Morgan fingerprint density at radius 3 is 2.89 bits per heavy atom. The Hall–Kier alpha value is -1.09. The van der Waals surface area contributed by atoms with E-state index in [9.17, 15) is 4.39 Å². The molecule has 1 fully saturated rings. The maximum Gasteiger partial charge on any atom is 0.125 e. The summed E-state index contributed by atoms with van der Waals surface area (Å²) in [6, 6.07) is 6.95. The molecule has 3 heteroatoms. The van der Waals surface area contributed by atoms with E-state index in [0.717, 1.165) is 18.8 Å². The van der Waals surface area contributed by atoms with Crippen LogP contribution in [0.4, 0.5) is 10.1 Å². The quantitative estimate of drug-likeness (QED) is 0.887. The zero-order valence-electron chi connectivity index (χ0n) is 11.5. The molecule has 1 aliphatic rings. The largest absolute Gasteiger partial charge is 0.366 e. The third-order valence-corrected chi connectivity index (χ3v) is 4.20. The number of hydrogen-bond donors (Lipinski definition) is 1. The van der Waals surface area contributed by atoms with E-state index in [1.54, 1.807) is 12.1 Å². The maximum absolute atomic E-state index is 13.4. The zero-order valence-corrected chi connectivity index (χ0v) is 11.5. The van der Waals surface area contributed by atoms with Crippen molar-refractivity contribution >= 4 is 5.69 Å². The SMILES string of the molecule is CNCC1CCCN(c2cccc(F)c2)C1(C)C. The van der Waals surface area contributed by atoms with Crippen LogP contribution in [0.5, 0.6) is 0 Å². The average Bonchev–Trinajstić information content (AvgIpc) is 2.31. The Morgan fingerprint density at radius 1 is 1.44 bits per heavy atom. The van der Waals surface area contributed by atoms with Crippen LogP contribution in [-0.4, -0.2) is 25.7 Å². The molecule has 2 nitrogen and oxygen atoms in total. The van der Waals surface area contributed by atoms with E-state index in [2.05, 4.69) is 24.1 Å². The van der Waals surface area contributed by atoms with Crippen LogP contribution in [-0.2, 0) is 0 Å². The Balaban J connectivity index is 2.26. The number of nitrogens with zero attached hydrogens (tertiary/aromatic N) is 1. The number of benzene rings is 1. The van der Waals surface area contributed by atoms with E-state index in [1.165, 1.54) is 18.9 Å². The molecule has 100 valence electrons. The minimum atomic E-state index is -0.154. The van der Waals surface area contributed by atoms with Crippen LogP contribution in [0.2, 0.25) is 0 Å². The smallest absolute Gasteiger partial charge is 0.125 e. The monoisotopic (exact) mass is 250 g/mol. The fourth-order valence-corrected chi connectivity index (χ4v) is 3.06. The van der Waals surface area contributed by atoms with E-state index in [1.807, 2.05) is 13.1 Å². The second-order valence-corrected chi connectivity index (χ2v) is 5.68. The second-order valence-electron chi connectivity index (χ2n) is 5.68. The van der Waals surface area contributed by atoms with Crippen molar-refractivity contribution in [3.8, 4) is 0 Å². The average molecular weight is 250 g/mol. The molecular weight excluding hydrogens is 227 g/mol. The van der Waals surface area contributed by atoms with Gasteiger partial charge in [-0.05, 0) is 64.4 Å². The molecule has 18 heavy (non-hydrogen) atoms. The predicted octanol–water partition coefficient (Wildman–Crippen LogP) is 3.04. The summed E-state index contributed by atoms with van der Waals surface area (Å²) >= 11 is 0. The number of hydrogen-bond acceptors (Lipinski definition) is 2. The van der Waals surface area contributed by atoms with Crippen LogP contribution >= 0.6 is 0 Å². The summed E-state index contributed by atoms with van der Waals surface area (Å²) in [7, 11) is 2.00. The van der Waals surface area contributed by atoms with Crippen LogP contribution in [0.3, 0.4) is 0 Å². The van der Waals surface area contributed by atoms with Gasteiger partial charge in [0, 0.05) is 17.8 Å². The van der Waals surface area contributed by atoms with Gasteiger partial charge in [-0.2, -0.15) is 0 Å². The number of piperidine rings is 1. The molecule has 0 radical (unpaired) electrons. The van der Waals surface area contributed by atoms with Gasteiger partial charge in [0.2, 0.25) is 0 Å². The molecule has 1 aromatic rings. The fraction of sp³-hybridized carbons (Fsp3) is 0.600. The van der Waals surface area contributed by atoms with Crippen LogP contribution in [0.25, 0.3) is 0 Å². The normalized spacial score (nSPS) is 23.1. The lowest BCUT2D eigenvalue weighted by molar-refractivity contribution is 0.234. The van der Waals surface area contributed by atoms with Gasteiger partial charge < -0.3 is 10.2 Å². The highest BCUT2D eigenvalue weighted by Crippen LogP contribution is 2.36. The Morgan fingerprint density at radius 2 is 2.22 bits per heavy atom. The molecule has 2 rings (SSSR count). The summed E-state index contributed by atoms with van der Waals surface area (Å²) in [5, 5.41) is 3.28. The topological polar surface area (TPSA) is 15.3 Å². The van der Waals surface area contributed by atoms with Gasteiger partial charge in [-0.3, -0.25) is 0 Å². The van der Waals surface area contributed by atoms with Crippen molar-refractivity contribution in [2.24, 2.45) is 5.92 Å². The van der Waals surface area contributed by atoms with Crippen molar-refractivity contribution in [2.75, 3.05) is 25.0 Å². The lowest BCUT2D eigenvalue weighted by Crippen LogP contribution is -2.55. The maximum atomic E-state index is 13.4. The van der Waals surface area contributed by atoms with E-state index in [-0.39, 0.29) is 11.4 Å². The molecule has 1 unspecified atom stereocenters. The first-order chi connectivity index (χ1) is 8.55. The van der Waals surface area contributed by atoms with Crippen molar-refractivity contribution in [1.82, 2.24) is 5.32 Å². The third-order valence-electron chi connectivity index (χ3n) is 4.20. The molecule has 0 amide bonds. The minimum absolute atomic E-state index is 0.0645. The minimum Gasteiger partial charge on any atom is -0.366 e. The highest BCUT2D eigenvalue weighted by molar-refractivity contribution is 5.49. The van der Waals surface area contributed by atoms with Crippen molar-refractivity contribution < 1.29 is 4.39 Å². The van der Waals surface area contributed by atoms with E-state index in [0.29, 0.717) is 5.92 Å². The Labute approximate surface area is 109 Å². The van der Waals surface area contributed by atoms with Gasteiger partial charge in [0.05, 0.1) is 0 Å². The molecule has 1 saturated heterocycles. The third kappa shape index (κ3) is 2.51. The molecule has 1 N–H and O–H groups in total. The van der Waals surface area contributed by atoms with E-state index < -0.39 is 0 Å². The first kappa shape index (κ1) is 13.3. The van der Waals surface area contributed by atoms with Crippen molar-refractivity contribution in [3.63, 3.8) is 0 Å². The second kappa shape index (κ2) is 5.27. The lowest BCUT2D eigenvalue weighted by Gasteiger charge is -2.49. The number of anilines is 1. The lowest BCUT2D eigenvalue weighted by atomic mass is 9.78. The molecule has 0 spiro atoms. The zero-order chi connectivity index (χ0) is 13.2. The molecule has 1 heterocycles. The van der Waals surface area contributed by atoms with Crippen molar-refractivity contribution in [3.05, 3.63) is 30.1 Å². The Bertz CT molecular complexity index is 401. The van der Waals surface area contributed by atoms with Crippen molar-refractivity contribution in [1.29, 1.82) is 0 Å². The summed E-state index contributed by atoms with van der Waals surface area (Å²) in [6.07, 6.45) is 2.41. The first-order valence-corrected chi connectivity index (χ1v) is 6.73. The number of halogens is 1. The van der Waals surface area contributed by atoms with Gasteiger partial charge in [0.25, 0.3) is 0 Å². The molecule has 0 saturated carbocycles. The molecule has 0 aromatic heterocycles. The summed E-state index contributed by atoms with van der Waals surface area (Å²) in [5.74, 6) is 0.443. The van der Waals surface area contributed by atoms with Crippen LogP contribution in [0.15, 0.2) is 24.3 Å². The summed E-state index contributed by atoms with van der Waals surface area (Å²) < 4.78 is 13.4. The Kier molecular flexibility index (Phi) is 3.91. The molecule has 1 aromatic carbocycles. The van der Waals surface area contributed by atoms with Gasteiger partial charge in [0.15, 0.2) is 0 Å². The molecule has 0 aliphatic carbocycles. The molecule has 1 aliphatic heterocycles. The molecule has 0 bridgehead atoms. The van der Waals surface area contributed by atoms with Gasteiger partial charge in [-0.25, -0.2) is 4.39 Å². The van der Waals surface area contributed by atoms with Crippen LogP contribution < -0.4 is 10.2 Å². The van der Waals surface area contributed by atoms with E-state index >= 15 is 0 Å². The predicted molar refractivity (Wildman–Crippen MR) is 74.5 cm³/mol. The number of rotatable bonds is 3. The van der Waals surface area contributed by atoms with Gasteiger partial charge in [-0.15, -0.1) is 0 Å². The van der Waals surface area contributed by atoms with E-state index in [4.69, 9.17) is 0 Å². The standard InChI is InChI=1S/C15H23FN2/c1-15(2)12(11-17-3)6-5-9-18(15)14-8-4-7-13(16)10-14/h4,7-8,10,12,17H,5-6,9,11H2,1-3H3. The van der Waals surface area contributed by atoms with Gasteiger partial charge in [0.1, 0.15) is 5.82 Å². The molecule has 1 atom stereocenters. The summed E-state index contributed by atoms with van der Waals surface area (Å²) in [5.41, 5.74) is 1.07. The van der Waals surface area contributed by atoms with Crippen LogP contribution in [0, 0.1) is 11.7 Å². The summed E-state index contributed by atoms with van der Waals surface area (Å²) in [4.78, 5) is 2.35. The number of nitrogens with one attached hydrogen (secondary N) is 1. The van der Waals surface area contributed by atoms with Gasteiger partial charge >= 0.3 is 0 Å². The highest BCUT2D eigenvalue weighted by Gasteiger charge is 2.38. The first-order valence-electron chi connectivity index (χ1n) is 6.73. The molecular formula is C15H23FN2.